The molecule has 0 saturated heterocycles. The van der Waals surface area contributed by atoms with Crippen molar-refractivity contribution in [3.63, 3.8) is 0 Å². The fourth-order valence-corrected chi connectivity index (χ4v) is 7.23. The smallest absolute Gasteiger partial charge is 0.318 e. The molecule has 2 amide bonds. The highest BCUT2D eigenvalue weighted by atomic mass is 31.2. The van der Waals surface area contributed by atoms with Gasteiger partial charge in [-0.2, -0.15) is 0 Å². The van der Waals surface area contributed by atoms with E-state index in [-0.39, 0.29) is 48.3 Å². The molecule has 1 aromatic heterocycles. The van der Waals surface area contributed by atoms with E-state index in [4.69, 9.17) is 9.26 Å². The van der Waals surface area contributed by atoms with Gasteiger partial charge in [0.1, 0.15) is 11.3 Å². The van der Waals surface area contributed by atoms with Crippen molar-refractivity contribution in [2.75, 3.05) is 19.3 Å². The summed E-state index contributed by atoms with van der Waals surface area (Å²) in [7, 11) is -3.68. The third kappa shape index (κ3) is 7.18. The Kier molecular flexibility index (Phi) is 9.84. The van der Waals surface area contributed by atoms with E-state index < -0.39 is 31.7 Å². The second-order valence-electron chi connectivity index (χ2n) is 10.9. The van der Waals surface area contributed by atoms with Gasteiger partial charge < -0.3 is 29.7 Å². The van der Waals surface area contributed by atoms with Crippen LogP contribution in [0.15, 0.2) is 72.9 Å². The van der Waals surface area contributed by atoms with E-state index >= 15 is 0 Å². The predicted molar refractivity (Wildman–Crippen MR) is 170 cm³/mol. The van der Waals surface area contributed by atoms with Crippen LogP contribution in [0.25, 0.3) is 10.9 Å². The highest BCUT2D eigenvalue weighted by Crippen LogP contribution is 2.44. The van der Waals surface area contributed by atoms with Gasteiger partial charge in [-0.1, -0.05) is 54.1 Å². The third-order valence-electron chi connectivity index (χ3n) is 7.57. The number of amides is 2. The lowest BCUT2D eigenvalue weighted by atomic mass is 9.96. The molecule has 236 valence electrons. The predicted octanol–water partition coefficient (Wildman–Crippen LogP) is 4.74. The molecule has 12 heteroatoms. The lowest BCUT2D eigenvalue weighted by molar-refractivity contribution is -0.109. The molecule has 11 nitrogen and oxygen atoms in total. The quantitative estimate of drug-likeness (QED) is 0.121. The Morgan fingerprint density at radius 2 is 1.84 bits per heavy atom. The first-order valence-electron chi connectivity index (χ1n) is 14.8. The minimum Gasteiger partial charge on any atom is -0.505 e. The zero-order chi connectivity index (χ0) is 32.1. The largest absolute Gasteiger partial charge is 0.505 e. The van der Waals surface area contributed by atoms with E-state index in [1.54, 1.807) is 61.2 Å². The molecule has 45 heavy (non-hydrogen) atoms. The van der Waals surface area contributed by atoms with Crippen molar-refractivity contribution in [1.29, 1.82) is 0 Å². The van der Waals surface area contributed by atoms with Crippen molar-refractivity contribution in [2.45, 2.75) is 46.2 Å². The topological polar surface area (TPSA) is 150 Å². The van der Waals surface area contributed by atoms with Crippen molar-refractivity contribution >= 4 is 30.2 Å². The molecule has 1 aliphatic heterocycles. The van der Waals surface area contributed by atoms with Gasteiger partial charge in [0.25, 0.3) is 11.8 Å². The summed E-state index contributed by atoms with van der Waals surface area (Å²) in [6.45, 7) is 5.96. The molecular weight excluding hydrogens is 595 g/mol. The van der Waals surface area contributed by atoms with E-state index in [1.165, 1.54) is 6.20 Å². The lowest BCUT2D eigenvalue weighted by Crippen LogP contribution is -2.40. The molecule has 3 atom stereocenters. The number of aryl methyl sites for hydroxylation is 1. The van der Waals surface area contributed by atoms with Crippen molar-refractivity contribution < 1.29 is 33.6 Å². The maximum Gasteiger partial charge on any atom is 0.318 e. The Labute approximate surface area is 261 Å². The number of phenols is 1. The maximum atomic E-state index is 14.0. The highest BCUT2D eigenvalue weighted by Gasteiger charge is 2.37. The van der Waals surface area contributed by atoms with Crippen molar-refractivity contribution in [3.8, 4) is 11.5 Å². The van der Waals surface area contributed by atoms with Gasteiger partial charge in [0.05, 0.1) is 23.3 Å². The monoisotopic (exact) mass is 632 g/mol. The standard InChI is InChI=1S/C33H37N4O7P/c1-4-43-33(41)22(3)36-45(42,44-24-9-6-5-7-10-24)18-17-35-31(39)27-25-11-8-16-34-29(25)30(38)28-26(27)20-37(32(28)40)19-23-14-12-21(2)13-15-23/h5-16,22,33,38,41H,4,17-20H2,1-3H3,(H,35,39)(H,36,42)/t22-,33+,45?/m0/s1. The van der Waals surface area contributed by atoms with E-state index in [0.29, 0.717) is 23.2 Å². The number of nitrogens with zero attached hydrogens (tertiary/aromatic N) is 2. The van der Waals surface area contributed by atoms with Crippen molar-refractivity contribution in [1.82, 2.24) is 20.3 Å². The van der Waals surface area contributed by atoms with Crippen LogP contribution in [0.5, 0.6) is 11.5 Å². The van der Waals surface area contributed by atoms with Gasteiger partial charge in [0.2, 0.25) is 0 Å². The number of carbonyl (C=O) groups excluding carboxylic acids is 2. The minimum atomic E-state index is -3.68. The number of ether oxygens (including phenoxy) is 1. The normalized spacial score (nSPS) is 15.4. The molecule has 1 unspecified atom stereocenters. The summed E-state index contributed by atoms with van der Waals surface area (Å²) in [4.78, 5) is 33.2. The van der Waals surface area contributed by atoms with Gasteiger partial charge >= 0.3 is 7.52 Å². The van der Waals surface area contributed by atoms with Crippen LogP contribution in [0.2, 0.25) is 0 Å². The average Bonchev–Trinajstić information content (AvgIpc) is 3.34. The summed E-state index contributed by atoms with van der Waals surface area (Å²) >= 11 is 0. The van der Waals surface area contributed by atoms with Crippen LogP contribution in [0.3, 0.4) is 0 Å². The number of aliphatic hydroxyl groups excluding tert-OH is 1. The summed E-state index contributed by atoms with van der Waals surface area (Å²) < 4.78 is 25.1. The maximum absolute atomic E-state index is 14.0. The molecule has 1 aliphatic rings. The molecule has 0 aliphatic carbocycles. The number of pyridine rings is 1. The molecule has 4 aromatic rings. The molecule has 0 bridgehead atoms. The van der Waals surface area contributed by atoms with Crippen LogP contribution in [-0.4, -0.2) is 63.6 Å². The van der Waals surface area contributed by atoms with Crippen LogP contribution in [-0.2, 0) is 22.4 Å². The van der Waals surface area contributed by atoms with Gasteiger partial charge in [0.15, 0.2) is 12.0 Å². The number of fused-ring (bicyclic) bond motifs is 2. The summed E-state index contributed by atoms with van der Waals surface area (Å²) in [5, 5.41) is 27.5. The number of carbonyl (C=O) groups is 2. The molecule has 0 spiro atoms. The summed E-state index contributed by atoms with van der Waals surface area (Å²) in [6.07, 6.45) is 0.141. The SMILES string of the molecule is CCO[C@@H](O)[C@H](C)NP(=O)(CCNC(=O)c1c2c(c(O)c3ncccc13)C(=O)N(Cc1ccc(C)cc1)C2)Oc1ccccc1. The Hall–Kier alpha value is -4.28. The van der Waals surface area contributed by atoms with Crippen LogP contribution in [0.4, 0.5) is 0 Å². The number of aromatic nitrogens is 1. The zero-order valence-corrected chi connectivity index (χ0v) is 26.3. The first kappa shape index (κ1) is 32.1. The molecule has 5 rings (SSSR count). The van der Waals surface area contributed by atoms with E-state index in [0.717, 1.165) is 11.1 Å². The Morgan fingerprint density at radius 3 is 2.56 bits per heavy atom. The Bertz CT molecular complexity index is 1730. The summed E-state index contributed by atoms with van der Waals surface area (Å²) in [6, 6.07) is 19.0. The van der Waals surface area contributed by atoms with Crippen LogP contribution in [0.1, 0.15) is 51.3 Å². The second kappa shape index (κ2) is 13.8. The van der Waals surface area contributed by atoms with Crippen LogP contribution in [0, 0.1) is 6.92 Å². The van der Waals surface area contributed by atoms with Crippen molar-refractivity contribution in [2.24, 2.45) is 0 Å². The van der Waals surface area contributed by atoms with E-state index in [9.17, 15) is 24.4 Å². The third-order valence-corrected chi connectivity index (χ3v) is 9.68. The number of benzene rings is 3. The van der Waals surface area contributed by atoms with Crippen LogP contribution < -0.4 is 14.9 Å². The lowest BCUT2D eigenvalue weighted by Gasteiger charge is -2.27. The van der Waals surface area contributed by atoms with Crippen LogP contribution >= 0.6 is 7.52 Å². The molecule has 0 radical (unpaired) electrons. The molecule has 2 heterocycles. The Morgan fingerprint density at radius 1 is 1.11 bits per heavy atom. The summed E-state index contributed by atoms with van der Waals surface area (Å²) in [5.74, 6) is -0.807. The van der Waals surface area contributed by atoms with Gasteiger partial charge in [0, 0.05) is 43.4 Å². The number of aromatic hydroxyl groups is 1. The second-order valence-corrected chi connectivity index (χ2v) is 13.2. The zero-order valence-electron chi connectivity index (χ0n) is 25.4. The number of para-hydroxylation sites is 1. The minimum absolute atomic E-state index is 0.0527. The van der Waals surface area contributed by atoms with Gasteiger partial charge in [-0.3, -0.25) is 19.1 Å². The number of hydrogen-bond acceptors (Lipinski definition) is 8. The fourth-order valence-electron chi connectivity index (χ4n) is 5.34. The number of nitrogens with one attached hydrogen (secondary N) is 2. The van der Waals surface area contributed by atoms with Gasteiger partial charge in [-0.15, -0.1) is 0 Å². The number of phenolic OH excluding ortho intramolecular Hbond substituents is 1. The first-order chi connectivity index (χ1) is 21.6. The summed E-state index contributed by atoms with van der Waals surface area (Å²) in [5.41, 5.74) is 2.83. The molecule has 0 saturated carbocycles. The number of hydrogen-bond donors (Lipinski definition) is 4. The highest BCUT2D eigenvalue weighted by molar-refractivity contribution is 7.57. The fraction of sp³-hybridized carbons (Fsp3) is 0.303. The number of rotatable bonds is 13. The molecule has 0 fully saturated rings. The average molecular weight is 633 g/mol. The first-order valence-corrected chi connectivity index (χ1v) is 16.6. The van der Waals surface area contributed by atoms with Gasteiger partial charge in [-0.05, 0) is 44.5 Å². The molecule has 4 N–H and O–H groups in total. The molecule has 3 aromatic carbocycles. The van der Waals surface area contributed by atoms with E-state index in [1.807, 2.05) is 31.2 Å². The van der Waals surface area contributed by atoms with E-state index in [2.05, 4.69) is 15.4 Å². The van der Waals surface area contributed by atoms with Crippen molar-refractivity contribution in [3.05, 3.63) is 101 Å². The molecular formula is C33H37N4O7P. The van der Waals surface area contributed by atoms with Gasteiger partial charge in [-0.25, -0.2) is 5.09 Å². The Balaban J connectivity index is 1.40. The number of aliphatic hydroxyl groups is 1.